The first-order chi connectivity index (χ1) is 9.63. The summed E-state index contributed by atoms with van der Waals surface area (Å²) in [7, 11) is 0. The number of hydrogen-bond donors (Lipinski definition) is 1. The van der Waals surface area contributed by atoms with Crippen LogP contribution in [0.2, 0.25) is 0 Å². The van der Waals surface area contributed by atoms with Crippen LogP contribution in [0.5, 0.6) is 0 Å². The summed E-state index contributed by atoms with van der Waals surface area (Å²) in [5.74, 6) is -0.115. The lowest BCUT2D eigenvalue weighted by Gasteiger charge is -1.99. The highest BCUT2D eigenvalue weighted by Gasteiger charge is 2.22. The van der Waals surface area contributed by atoms with Crippen LogP contribution in [-0.4, -0.2) is 10.2 Å². The van der Waals surface area contributed by atoms with Gasteiger partial charge in [-0.2, -0.15) is 0 Å². The first kappa shape index (κ1) is 14.0. The fourth-order valence-corrected chi connectivity index (χ4v) is 4.52. The van der Waals surface area contributed by atoms with E-state index >= 15 is 0 Å². The van der Waals surface area contributed by atoms with Gasteiger partial charge in [0.05, 0.1) is 4.91 Å². The Bertz CT molecular complexity index is 736. The number of benzene rings is 1. The highest BCUT2D eigenvalue weighted by Crippen LogP contribution is 2.35. The summed E-state index contributed by atoms with van der Waals surface area (Å²) in [6.07, 6.45) is 1.88. The van der Waals surface area contributed by atoms with Crippen molar-refractivity contribution in [2.45, 2.75) is 0 Å². The van der Waals surface area contributed by atoms with Crippen LogP contribution in [0, 0.1) is 0 Å². The molecule has 0 radical (unpaired) electrons. The third-order valence-electron chi connectivity index (χ3n) is 2.68. The predicted octanol–water partition coefficient (Wildman–Crippen LogP) is 4.67. The molecule has 100 valence electrons. The molecular formula is C14H8BrNOS3. The maximum absolute atomic E-state index is 11.6. The number of amides is 1. The van der Waals surface area contributed by atoms with Crippen molar-refractivity contribution < 1.29 is 4.79 Å². The van der Waals surface area contributed by atoms with E-state index in [1.807, 2.05) is 30.3 Å². The number of thioether (sulfide) groups is 1. The largest absolute Gasteiger partial charge is 0.307 e. The average molecular weight is 382 g/mol. The van der Waals surface area contributed by atoms with Crippen LogP contribution in [0.3, 0.4) is 0 Å². The summed E-state index contributed by atoms with van der Waals surface area (Å²) in [5, 5.41) is 2.62. The summed E-state index contributed by atoms with van der Waals surface area (Å²) in [4.78, 5) is 14.5. The maximum atomic E-state index is 11.6. The Kier molecular flexibility index (Phi) is 4.07. The summed E-state index contributed by atoms with van der Waals surface area (Å²) >= 11 is 11.5. The van der Waals surface area contributed by atoms with E-state index in [-0.39, 0.29) is 5.91 Å². The number of hydrogen-bond acceptors (Lipinski definition) is 4. The van der Waals surface area contributed by atoms with Gasteiger partial charge in [-0.1, -0.05) is 58.1 Å². The molecule has 1 N–H and O–H groups in total. The molecule has 0 aliphatic carbocycles. The highest BCUT2D eigenvalue weighted by molar-refractivity contribution is 9.10. The van der Waals surface area contributed by atoms with Gasteiger partial charge in [-0.25, -0.2) is 0 Å². The quantitative estimate of drug-likeness (QED) is 0.605. The van der Waals surface area contributed by atoms with E-state index in [4.69, 9.17) is 12.2 Å². The molecule has 0 spiro atoms. The van der Waals surface area contributed by atoms with Crippen LogP contribution in [0.25, 0.3) is 16.5 Å². The molecule has 0 atom stereocenters. The molecule has 0 unspecified atom stereocenters. The Labute approximate surface area is 138 Å². The number of carbonyl (C=O) groups excluding carboxylic acids is 1. The van der Waals surface area contributed by atoms with Crippen LogP contribution in [0.4, 0.5) is 0 Å². The van der Waals surface area contributed by atoms with E-state index in [1.165, 1.54) is 11.8 Å². The molecule has 1 saturated heterocycles. The van der Waals surface area contributed by atoms with E-state index < -0.39 is 0 Å². The van der Waals surface area contributed by atoms with Crippen molar-refractivity contribution in [3.63, 3.8) is 0 Å². The Morgan fingerprint density at radius 3 is 2.70 bits per heavy atom. The van der Waals surface area contributed by atoms with Gasteiger partial charge in [-0.15, -0.1) is 11.3 Å². The molecule has 1 fully saturated rings. The smallest absolute Gasteiger partial charge is 0.263 e. The number of carbonyl (C=O) groups is 1. The summed E-state index contributed by atoms with van der Waals surface area (Å²) < 4.78 is 1.58. The Balaban J connectivity index is 1.92. The number of thiocarbonyl (C=S) groups is 1. The number of nitrogens with one attached hydrogen (secondary N) is 1. The third kappa shape index (κ3) is 2.88. The van der Waals surface area contributed by atoms with Gasteiger partial charge in [0.1, 0.15) is 4.32 Å². The zero-order chi connectivity index (χ0) is 14.1. The van der Waals surface area contributed by atoms with Crippen molar-refractivity contribution in [3.8, 4) is 10.4 Å². The van der Waals surface area contributed by atoms with Gasteiger partial charge in [-0.05, 0) is 24.3 Å². The van der Waals surface area contributed by atoms with Crippen LogP contribution < -0.4 is 5.32 Å². The third-order valence-corrected chi connectivity index (χ3v) is 5.60. The molecule has 1 amide bonds. The minimum Gasteiger partial charge on any atom is -0.307 e. The summed E-state index contributed by atoms with van der Waals surface area (Å²) in [6.45, 7) is 0. The monoisotopic (exact) mass is 381 g/mol. The lowest BCUT2D eigenvalue weighted by Crippen LogP contribution is -2.17. The number of thiophene rings is 1. The minimum absolute atomic E-state index is 0.115. The van der Waals surface area contributed by atoms with Crippen molar-refractivity contribution in [1.82, 2.24) is 5.32 Å². The summed E-state index contributed by atoms with van der Waals surface area (Å²) in [6, 6.07) is 12.2. The molecule has 2 aromatic rings. The first-order valence-electron chi connectivity index (χ1n) is 5.73. The van der Waals surface area contributed by atoms with Crippen molar-refractivity contribution in [2.75, 3.05) is 0 Å². The molecule has 1 aliphatic heterocycles. The molecule has 1 aliphatic rings. The van der Waals surface area contributed by atoms with Gasteiger partial charge < -0.3 is 5.32 Å². The standard InChI is InChI=1S/C14H8BrNOS3/c15-10-4-2-1-3-9(10)11-6-5-8(19-11)7-12-13(17)16-14(18)20-12/h1-7H,(H,16,17,18)/b12-7-. The number of halogens is 1. The molecule has 6 heteroatoms. The molecule has 0 saturated carbocycles. The average Bonchev–Trinajstić information content (AvgIpc) is 2.98. The van der Waals surface area contributed by atoms with Gasteiger partial charge in [-0.3, -0.25) is 4.79 Å². The van der Waals surface area contributed by atoms with Gasteiger partial charge in [0.15, 0.2) is 0 Å². The Morgan fingerprint density at radius 2 is 2.00 bits per heavy atom. The second-order valence-corrected chi connectivity index (χ2v) is 7.72. The lowest BCUT2D eigenvalue weighted by molar-refractivity contribution is -0.115. The first-order valence-corrected chi connectivity index (χ1v) is 8.56. The number of rotatable bonds is 2. The zero-order valence-electron chi connectivity index (χ0n) is 10.1. The fourth-order valence-electron chi connectivity index (χ4n) is 1.79. The molecule has 1 aromatic heterocycles. The SMILES string of the molecule is O=C1NC(=S)S/C1=C\c1ccc(-c2ccccc2Br)s1. The van der Waals surface area contributed by atoms with Gasteiger partial charge in [0, 0.05) is 19.8 Å². The van der Waals surface area contributed by atoms with Gasteiger partial charge in [0.25, 0.3) is 5.91 Å². The van der Waals surface area contributed by atoms with Crippen LogP contribution in [-0.2, 0) is 4.79 Å². The van der Waals surface area contributed by atoms with Crippen LogP contribution in [0.1, 0.15) is 4.88 Å². The topological polar surface area (TPSA) is 29.1 Å². The molecule has 20 heavy (non-hydrogen) atoms. The van der Waals surface area contributed by atoms with E-state index in [9.17, 15) is 4.79 Å². The van der Waals surface area contributed by atoms with Crippen molar-refractivity contribution in [2.24, 2.45) is 0 Å². The minimum atomic E-state index is -0.115. The molecule has 2 nitrogen and oxygen atoms in total. The Hall–Kier alpha value is -0.950. The predicted molar refractivity (Wildman–Crippen MR) is 93.8 cm³/mol. The molecule has 1 aromatic carbocycles. The van der Waals surface area contributed by atoms with Crippen molar-refractivity contribution in [3.05, 3.63) is 50.7 Å². The molecule has 2 heterocycles. The lowest BCUT2D eigenvalue weighted by atomic mass is 10.2. The van der Waals surface area contributed by atoms with Crippen molar-refractivity contribution >= 4 is 67.6 Å². The fraction of sp³-hybridized carbons (Fsp3) is 0. The van der Waals surface area contributed by atoms with Crippen LogP contribution in [0.15, 0.2) is 45.8 Å². The van der Waals surface area contributed by atoms with Crippen molar-refractivity contribution in [1.29, 1.82) is 0 Å². The van der Waals surface area contributed by atoms with E-state index in [1.54, 1.807) is 11.3 Å². The second kappa shape index (κ2) is 5.81. The molecule has 3 rings (SSSR count). The maximum Gasteiger partial charge on any atom is 0.263 e. The Morgan fingerprint density at radius 1 is 1.20 bits per heavy atom. The second-order valence-electron chi connectivity index (χ2n) is 4.03. The zero-order valence-corrected chi connectivity index (χ0v) is 14.1. The van der Waals surface area contributed by atoms with Gasteiger partial charge >= 0.3 is 0 Å². The molecule has 0 bridgehead atoms. The van der Waals surface area contributed by atoms with Gasteiger partial charge in [0.2, 0.25) is 0 Å². The van der Waals surface area contributed by atoms with E-state index in [0.717, 1.165) is 19.8 Å². The van der Waals surface area contributed by atoms with Crippen LogP contribution >= 0.6 is 51.2 Å². The van der Waals surface area contributed by atoms with E-state index in [2.05, 4.69) is 33.4 Å². The molecular weight excluding hydrogens is 374 g/mol. The van der Waals surface area contributed by atoms with E-state index in [0.29, 0.717) is 9.23 Å². The normalized spacial score (nSPS) is 16.8. The highest BCUT2D eigenvalue weighted by atomic mass is 79.9. The summed E-state index contributed by atoms with van der Waals surface area (Å²) in [5.41, 5.74) is 1.15.